The average Bonchev–Trinajstić information content (AvgIpc) is 2.76. The Morgan fingerprint density at radius 1 is 1.53 bits per heavy atom. The molecule has 2 rings (SSSR count). The van der Waals surface area contributed by atoms with E-state index < -0.39 is 23.4 Å². The molecule has 0 atom stereocenters. The molecule has 1 heterocycles. The van der Waals surface area contributed by atoms with E-state index in [1.807, 2.05) is 0 Å². The van der Waals surface area contributed by atoms with Crippen molar-refractivity contribution in [1.82, 2.24) is 14.9 Å². The number of hydrogen-bond donors (Lipinski definition) is 2. The van der Waals surface area contributed by atoms with Crippen LogP contribution in [0.1, 0.15) is 25.7 Å². The molecule has 1 amide bonds. The van der Waals surface area contributed by atoms with Gasteiger partial charge in [-0.2, -0.15) is 4.98 Å². The summed E-state index contributed by atoms with van der Waals surface area (Å²) in [7, 11) is 0. The second kappa shape index (κ2) is 4.52. The summed E-state index contributed by atoms with van der Waals surface area (Å²) in [6.07, 6.45) is 4.62. The van der Waals surface area contributed by atoms with Gasteiger partial charge in [-0.15, -0.1) is 0 Å². The van der Waals surface area contributed by atoms with Crippen molar-refractivity contribution in [1.29, 1.82) is 0 Å². The van der Waals surface area contributed by atoms with Crippen molar-refractivity contribution in [3.63, 3.8) is 0 Å². The standard InChI is InChI=1S/C10H13FN4O2/c11-7-5-15(10(17)14-8(7)12)9(16)13-6-3-1-2-4-6/h5-6H,1-4H2,(H,13,16)(H2,12,14,17). The number of carbonyl (C=O) groups is 1. The number of amides is 1. The lowest BCUT2D eigenvalue weighted by Crippen LogP contribution is -2.41. The largest absolute Gasteiger partial charge is 0.381 e. The summed E-state index contributed by atoms with van der Waals surface area (Å²) in [5.41, 5.74) is 4.25. The van der Waals surface area contributed by atoms with E-state index in [0.29, 0.717) is 4.57 Å². The van der Waals surface area contributed by atoms with Crippen LogP contribution in [-0.4, -0.2) is 21.6 Å². The van der Waals surface area contributed by atoms with E-state index >= 15 is 0 Å². The number of hydrogen-bond acceptors (Lipinski definition) is 4. The molecule has 1 fully saturated rings. The SMILES string of the molecule is Nc1nc(=O)n(C(=O)NC2CCCC2)cc1F. The molecule has 0 saturated heterocycles. The molecule has 1 aromatic heterocycles. The molecule has 6 nitrogen and oxygen atoms in total. The second-order valence-corrected chi connectivity index (χ2v) is 4.06. The third-order valence-corrected chi connectivity index (χ3v) is 2.81. The Balaban J connectivity index is 2.18. The molecule has 17 heavy (non-hydrogen) atoms. The van der Waals surface area contributed by atoms with Crippen LogP contribution in [0.4, 0.5) is 15.0 Å². The van der Waals surface area contributed by atoms with Crippen LogP contribution in [0.15, 0.2) is 11.0 Å². The first-order valence-corrected chi connectivity index (χ1v) is 5.43. The zero-order valence-corrected chi connectivity index (χ0v) is 9.15. The van der Waals surface area contributed by atoms with Crippen molar-refractivity contribution < 1.29 is 9.18 Å². The van der Waals surface area contributed by atoms with Crippen LogP contribution in [0.25, 0.3) is 0 Å². The molecule has 1 saturated carbocycles. The molecule has 7 heteroatoms. The van der Waals surface area contributed by atoms with E-state index in [4.69, 9.17) is 5.73 Å². The maximum absolute atomic E-state index is 13.1. The molecule has 0 unspecified atom stereocenters. The van der Waals surface area contributed by atoms with Crippen LogP contribution in [0.5, 0.6) is 0 Å². The summed E-state index contributed by atoms with van der Waals surface area (Å²) < 4.78 is 13.7. The zero-order chi connectivity index (χ0) is 12.4. The van der Waals surface area contributed by atoms with Gasteiger partial charge >= 0.3 is 11.7 Å². The smallest absolute Gasteiger partial charge is 0.357 e. The number of aromatic nitrogens is 2. The molecule has 1 aliphatic carbocycles. The lowest BCUT2D eigenvalue weighted by Gasteiger charge is -2.12. The molecule has 1 aromatic rings. The fraction of sp³-hybridized carbons (Fsp3) is 0.500. The highest BCUT2D eigenvalue weighted by Gasteiger charge is 2.19. The monoisotopic (exact) mass is 240 g/mol. The highest BCUT2D eigenvalue weighted by atomic mass is 19.1. The van der Waals surface area contributed by atoms with E-state index in [0.717, 1.165) is 31.9 Å². The predicted octanol–water partition coefficient (Wildman–Crippen LogP) is 0.465. The molecule has 0 spiro atoms. The lowest BCUT2D eigenvalue weighted by atomic mass is 10.2. The Morgan fingerprint density at radius 3 is 2.82 bits per heavy atom. The van der Waals surface area contributed by atoms with Gasteiger partial charge in [0, 0.05) is 6.04 Å². The first-order valence-electron chi connectivity index (χ1n) is 5.43. The Bertz CT molecular complexity index is 494. The van der Waals surface area contributed by atoms with Crippen molar-refractivity contribution in [3.05, 3.63) is 22.5 Å². The van der Waals surface area contributed by atoms with Crippen LogP contribution in [0.2, 0.25) is 0 Å². The van der Waals surface area contributed by atoms with Gasteiger partial charge in [0.25, 0.3) is 0 Å². The fourth-order valence-corrected chi connectivity index (χ4v) is 1.90. The molecule has 0 radical (unpaired) electrons. The van der Waals surface area contributed by atoms with Gasteiger partial charge in [0.2, 0.25) is 0 Å². The molecule has 92 valence electrons. The minimum atomic E-state index is -0.883. The minimum absolute atomic E-state index is 0.0509. The number of rotatable bonds is 1. The first kappa shape index (κ1) is 11.6. The van der Waals surface area contributed by atoms with Gasteiger partial charge in [0.15, 0.2) is 11.6 Å². The van der Waals surface area contributed by atoms with Crippen molar-refractivity contribution in [2.75, 3.05) is 5.73 Å². The third kappa shape index (κ3) is 2.43. The summed E-state index contributed by atoms with van der Waals surface area (Å²) in [6.45, 7) is 0. The number of nitrogens with one attached hydrogen (secondary N) is 1. The molecule has 1 aliphatic rings. The van der Waals surface area contributed by atoms with Gasteiger partial charge in [0.05, 0.1) is 6.20 Å². The van der Waals surface area contributed by atoms with Crippen LogP contribution in [0, 0.1) is 5.82 Å². The fourth-order valence-electron chi connectivity index (χ4n) is 1.90. The van der Waals surface area contributed by atoms with Crippen molar-refractivity contribution in [3.8, 4) is 0 Å². The zero-order valence-electron chi connectivity index (χ0n) is 9.15. The Kier molecular flexibility index (Phi) is 3.08. The van der Waals surface area contributed by atoms with Crippen molar-refractivity contribution in [2.45, 2.75) is 31.7 Å². The summed E-state index contributed by atoms with van der Waals surface area (Å²) in [6, 6.07) is -0.608. The summed E-state index contributed by atoms with van der Waals surface area (Å²) in [4.78, 5) is 26.3. The average molecular weight is 240 g/mol. The summed E-state index contributed by atoms with van der Waals surface area (Å²) >= 11 is 0. The van der Waals surface area contributed by atoms with E-state index in [9.17, 15) is 14.0 Å². The van der Waals surface area contributed by atoms with E-state index in [1.165, 1.54) is 0 Å². The Morgan fingerprint density at radius 2 is 2.18 bits per heavy atom. The highest BCUT2D eigenvalue weighted by Crippen LogP contribution is 2.17. The number of nitrogen functional groups attached to an aromatic ring is 1. The summed E-state index contributed by atoms with van der Waals surface area (Å²) in [5, 5.41) is 2.66. The normalized spacial score (nSPS) is 16.1. The van der Waals surface area contributed by atoms with E-state index in [-0.39, 0.29) is 6.04 Å². The number of halogens is 1. The quantitative estimate of drug-likeness (QED) is 0.746. The predicted molar refractivity (Wildman–Crippen MR) is 59.1 cm³/mol. The van der Waals surface area contributed by atoms with Gasteiger partial charge in [0.1, 0.15) is 0 Å². The van der Waals surface area contributed by atoms with Gasteiger partial charge < -0.3 is 11.1 Å². The van der Waals surface area contributed by atoms with Gasteiger partial charge in [-0.3, -0.25) is 0 Å². The van der Waals surface area contributed by atoms with Crippen molar-refractivity contribution in [2.24, 2.45) is 0 Å². The first-order chi connectivity index (χ1) is 8.08. The second-order valence-electron chi connectivity index (χ2n) is 4.06. The number of nitrogens with zero attached hydrogens (tertiary/aromatic N) is 2. The Hall–Kier alpha value is -1.92. The number of nitrogens with two attached hydrogens (primary N) is 1. The summed E-state index contributed by atoms with van der Waals surface area (Å²) in [5.74, 6) is -1.38. The maximum Gasteiger partial charge on any atom is 0.357 e. The molecule has 0 aromatic carbocycles. The van der Waals surface area contributed by atoms with Gasteiger partial charge in [-0.1, -0.05) is 12.8 Å². The molecule has 3 N–H and O–H groups in total. The van der Waals surface area contributed by atoms with Gasteiger partial charge in [-0.05, 0) is 12.8 Å². The highest BCUT2D eigenvalue weighted by molar-refractivity contribution is 5.76. The maximum atomic E-state index is 13.1. The van der Waals surface area contributed by atoms with Crippen LogP contribution < -0.4 is 16.7 Å². The lowest BCUT2D eigenvalue weighted by molar-refractivity contribution is 0.237. The van der Waals surface area contributed by atoms with Crippen LogP contribution in [0.3, 0.4) is 0 Å². The topological polar surface area (TPSA) is 90.0 Å². The van der Waals surface area contributed by atoms with Crippen LogP contribution in [-0.2, 0) is 0 Å². The van der Waals surface area contributed by atoms with E-state index in [1.54, 1.807) is 0 Å². The molecular weight excluding hydrogens is 227 g/mol. The Labute approximate surface area is 96.6 Å². The number of carbonyl (C=O) groups excluding carboxylic acids is 1. The van der Waals surface area contributed by atoms with Gasteiger partial charge in [-0.25, -0.2) is 18.5 Å². The molecular formula is C10H13FN4O2. The number of anilines is 1. The molecule has 0 bridgehead atoms. The third-order valence-electron chi connectivity index (χ3n) is 2.81. The van der Waals surface area contributed by atoms with E-state index in [2.05, 4.69) is 10.3 Å². The van der Waals surface area contributed by atoms with Crippen LogP contribution >= 0.6 is 0 Å². The van der Waals surface area contributed by atoms with Crippen molar-refractivity contribution >= 4 is 11.8 Å². The molecule has 0 aliphatic heterocycles. The minimum Gasteiger partial charge on any atom is -0.381 e.